The summed E-state index contributed by atoms with van der Waals surface area (Å²) in [6, 6.07) is 52.2. The summed E-state index contributed by atoms with van der Waals surface area (Å²) in [6.07, 6.45) is 0. The van der Waals surface area contributed by atoms with Crippen LogP contribution in [0, 0.1) is 0 Å². The van der Waals surface area contributed by atoms with Crippen LogP contribution in [0.1, 0.15) is 0 Å². The maximum atomic E-state index is 6.70. The van der Waals surface area contributed by atoms with Gasteiger partial charge < -0.3 is 4.42 Å². The Labute approximate surface area is 259 Å². The quantitative estimate of drug-likeness (QED) is 0.209. The van der Waals surface area contributed by atoms with Crippen molar-refractivity contribution < 1.29 is 4.42 Å². The highest BCUT2D eigenvalue weighted by atomic mass is 16.3. The fraction of sp³-hybridized carbons (Fsp3) is 0. The van der Waals surface area contributed by atoms with Gasteiger partial charge in [-0.2, -0.15) is 0 Å². The number of benzene rings is 7. The van der Waals surface area contributed by atoms with Crippen molar-refractivity contribution in [3.8, 4) is 45.3 Å². The Morgan fingerprint density at radius 1 is 0.378 bits per heavy atom. The molecule has 0 N–H and O–H groups in total. The van der Waals surface area contributed by atoms with E-state index < -0.39 is 0 Å². The first-order valence-electron chi connectivity index (χ1n) is 15.0. The van der Waals surface area contributed by atoms with E-state index in [4.69, 9.17) is 19.4 Å². The first-order valence-corrected chi connectivity index (χ1v) is 15.0. The lowest BCUT2D eigenvalue weighted by Gasteiger charge is -2.09. The van der Waals surface area contributed by atoms with E-state index in [1.807, 2.05) is 36.4 Å². The minimum absolute atomic E-state index is 0.600. The average molecular weight is 576 g/mol. The molecule has 4 nitrogen and oxygen atoms in total. The van der Waals surface area contributed by atoms with Gasteiger partial charge in [-0.05, 0) is 51.6 Å². The van der Waals surface area contributed by atoms with Crippen molar-refractivity contribution in [3.05, 3.63) is 152 Å². The topological polar surface area (TPSA) is 51.8 Å². The minimum atomic E-state index is 0.600. The third kappa shape index (κ3) is 4.35. The number of furan rings is 1. The molecule has 2 heterocycles. The van der Waals surface area contributed by atoms with Crippen LogP contribution < -0.4 is 0 Å². The molecule has 0 aliphatic rings. The molecule has 9 rings (SSSR count). The zero-order valence-corrected chi connectivity index (χ0v) is 24.2. The van der Waals surface area contributed by atoms with E-state index in [0.29, 0.717) is 17.5 Å². The molecule has 0 saturated carbocycles. The first kappa shape index (κ1) is 25.4. The summed E-state index contributed by atoms with van der Waals surface area (Å²) >= 11 is 0. The van der Waals surface area contributed by atoms with E-state index in [2.05, 4.69) is 115 Å². The highest BCUT2D eigenvalue weighted by Crippen LogP contribution is 2.42. The van der Waals surface area contributed by atoms with Gasteiger partial charge in [0, 0.05) is 32.8 Å². The Morgan fingerprint density at radius 3 is 1.71 bits per heavy atom. The molecule has 2 aromatic heterocycles. The molecule has 0 saturated heterocycles. The third-order valence-corrected chi connectivity index (χ3v) is 8.48. The number of hydrogen-bond donors (Lipinski definition) is 0. The standard InChI is InChI=1S/C41H25N3O/c1-3-12-27(13-4-1)35-24-30-17-9-10-18-33(30)38-37(35)34-22-21-32(25-36(34)45-38)41-43-39(28-14-5-2-6-15-28)42-40(44-41)31-20-19-26-11-7-8-16-29(26)23-31/h1-25H. The lowest BCUT2D eigenvalue weighted by Crippen LogP contribution is -2.00. The van der Waals surface area contributed by atoms with Crippen LogP contribution >= 0.6 is 0 Å². The fourth-order valence-corrected chi connectivity index (χ4v) is 6.27. The molecule has 0 fully saturated rings. The number of hydrogen-bond acceptors (Lipinski definition) is 4. The highest BCUT2D eigenvalue weighted by molar-refractivity contribution is 6.21. The van der Waals surface area contributed by atoms with Crippen molar-refractivity contribution in [2.45, 2.75) is 0 Å². The van der Waals surface area contributed by atoms with Crippen LogP contribution in [0.15, 0.2) is 156 Å². The summed E-state index contributed by atoms with van der Waals surface area (Å²) in [6.45, 7) is 0. The van der Waals surface area contributed by atoms with Gasteiger partial charge in [0.2, 0.25) is 0 Å². The summed E-state index contributed by atoms with van der Waals surface area (Å²) in [5, 5.41) is 6.73. The van der Waals surface area contributed by atoms with Gasteiger partial charge >= 0.3 is 0 Å². The van der Waals surface area contributed by atoms with Crippen molar-refractivity contribution in [2.24, 2.45) is 0 Å². The molecule has 210 valence electrons. The molecule has 0 aliphatic carbocycles. The van der Waals surface area contributed by atoms with Crippen LogP contribution in [-0.4, -0.2) is 15.0 Å². The predicted octanol–water partition coefficient (Wildman–Crippen LogP) is 10.7. The van der Waals surface area contributed by atoms with Gasteiger partial charge in [-0.1, -0.05) is 127 Å². The van der Waals surface area contributed by atoms with Crippen molar-refractivity contribution in [1.29, 1.82) is 0 Å². The van der Waals surface area contributed by atoms with Gasteiger partial charge in [-0.15, -0.1) is 0 Å². The summed E-state index contributed by atoms with van der Waals surface area (Å²) in [5.41, 5.74) is 6.74. The molecular formula is C41H25N3O. The van der Waals surface area contributed by atoms with Crippen LogP contribution in [-0.2, 0) is 0 Å². The van der Waals surface area contributed by atoms with Crippen molar-refractivity contribution >= 4 is 43.5 Å². The maximum absolute atomic E-state index is 6.70. The molecule has 45 heavy (non-hydrogen) atoms. The van der Waals surface area contributed by atoms with Gasteiger partial charge in [-0.25, -0.2) is 15.0 Å². The van der Waals surface area contributed by atoms with Crippen molar-refractivity contribution in [3.63, 3.8) is 0 Å². The minimum Gasteiger partial charge on any atom is -0.455 e. The van der Waals surface area contributed by atoms with Crippen LogP contribution in [0.3, 0.4) is 0 Å². The second-order valence-corrected chi connectivity index (χ2v) is 11.3. The van der Waals surface area contributed by atoms with Gasteiger partial charge in [0.1, 0.15) is 11.2 Å². The van der Waals surface area contributed by atoms with E-state index in [-0.39, 0.29) is 0 Å². The average Bonchev–Trinajstić information content (AvgIpc) is 3.51. The van der Waals surface area contributed by atoms with E-state index in [0.717, 1.165) is 65.9 Å². The Kier molecular flexibility index (Phi) is 5.78. The smallest absolute Gasteiger partial charge is 0.164 e. The number of fused-ring (bicyclic) bond motifs is 6. The molecule has 7 aromatic carbocycles. The van der Waals surface area contributed by atoms with Gasteiger partial charge in [0.05, 0.1) is 0 Å². The number of rotatable bonds is 4. The third-order valence-electron chi connectivity index (χ3n) is 8.48. The Hall–Kier alpha value is -6.13. The molecule has 9 aromatic rings. The fourth-order valence-electron chi connectivity index (χ4n) is 6.27. The SMILES string of the molecule is c1ccc(-c2nc(-c3ccc4ccccc4c3)nc(-c3ccc4c(c3)oc3c5ccccc5cc(-c5ccccc5)c43)n2)cc1. The zero-order chi connectivity index (χ0) is 29.7. The first-order chi connectivity index (χ1) is 22.3. The van der Waals surface area contributed by atoms with Crippen LogP contribution in [0.25, 0.3) is 88.8 Å². The normalized spacial score (nSPS) is 11.6. The second-order valence-electron chi connectivity index (χ2n) is 11.3. The molecular weight excluding hydrogens is 550 g/mol. The monoisotopic (exact) mass is 575 g/mol. The zero-order valence-electron chi connectivity index (χ0n) is 24.2. The number of aromatic nitrogens is 3. The van der Waals surface area contributed by atoms with Crippen molar-refractivity contribution in [2.75, 3.05) is 0 Å². The Bertz CT molecular complexity index is 2540. The molecule has 0 bridgehead atoms. The second kappa shape index (κ2) is 10.2. The molecule has 0 aliphatic heterocycles. The Balaban J connectivity index is 1.27. The predicted molar refractivity (Wildman–Crippen MR) is 184 cm³/mol. The number of nitrogens with zero attached hydrogens (tertiary/aromatic N) is 3. The molecule has 0 unspecified atom stereocenters. The van der Waals surface area contributed by atoms with Crippen LogP contribution in [0.4, 0.5) is 0 Å². The maximum Gasteiger partial charge on any atom is 0.164 e. The molecule has 0 amide bonds. The molecule has 4 heteroatoms. The highest BCUT2D eigenvalue weighted by Gasteiger charge is 2.18. The Morgan fingerprint density at radius 2 is 0.956 bits per heavy atom. The van der Waals surface area contributed by atoms with E-state index in [9.17, 15) is 0 Å². The van der Waals surface area contributed by atoms with Gasteiger partial charge in [0.15, 0.2) is 17.5 Å². The summed E-state index contributed by atoms with van der Waals surface area (Å²) in [5.74, 6) is 1.86. The van der Waals surface area contributed by atoms with E-state index in [1.54, 1.807) is 0 Å². The van der Waals surface area contributed by atoms with Crippen molar-refractivity contribution in [1.82, 2.24) is 15.0 Å². The van der Waals surface area contributed by atoms with E-state index >= 15 is 0 Å². The molecule has 0 spiro atoms. The summed E-state index contributed by atoms with van der Waals surface area (Å²) < 4.78 is 6.70. The summed E-state index contributed by atoms with van der Waals surface area (Å²) in [4.78, 5) is 14.9. The molecule has 0 radical (unpaired) electrons. The van der Waals surface area contributed by atoms with E-state index in [1.165, 1.54) is 5.39 Å². The van der Waals surface area contributed by atoms with Gasteiger partial charge in [0.25, 0.3) is 0 Å². The largest absolute Gasteiger partial charge is 0.455 e. The lowest BCUT2D eigenvalue weighted by molar-refractivity contribution is 0.673. The van der Waals surface area contributed by atoms with Crippen LogP contribution in [0.5, 0.6) is 0 Å². The summed E-state index contributed by atoms with van der Waals surface area (Å²) in [7, 11) is 0. The molecule has 0 atom stereocenters. The van der Waals surface area contributed by atoms with Gasteiger partial charge in [-0.3, -0.25) is 0 Å². The lowest BCUT2D eigenvalue weighted by atomic mass is 9.95. The van der Waals surface area contributed by atoms with Crippen LogP contribution in [0.2, 0.25) is 0 Å².